The molecule has 0 saturated carbocycles. The molecule has 2 aromatic heterocycles. The van der Waals surface area contributed by atoms with Gasteiger partial charge in [-0.3, -0.25) is 0 Å². The van der Waals surface area contributed by atoms with E-state index in [0.717, 1.165) is 9.15 Å². The molecule has 16 heavy (non-hydrogen) atoms. The monoisotopic (exact) mass is 284 g/mol. The molecular formula is C9H9BrN4O2. The van der Waals surface area contributed by atoms with Crippen LogP contribution in [0.1, 0.15) is 0 Å². The first-order valence-electron chi connectivity index (χ1n) is 4.49. The van der Waals surface area contributed by atoms with Gasteiger partial charge in [0.1, 0.15) is 5.82 Å². The van der Waals surface area contributed by atoms with E-state index in [2.05, 4.69) is 31.3 Å². The Labute approximate surface area is 99.4 Å². The fourth-order valence-corrected chi connectivity index (χ4v) is 1.75. The smallest absolute Gasteiger partial charge is 0.388 e. The van der Waals surface area contributed by atoms with Gasteiger partial charge in [0.2, 0.25) is 0 Å². The fourth-order valence-electron chi connectivity index (χ4n) is 1.20. The first kappa shape index (κ1) is 10.9. The van der Waals surface area contributed by atoms with E-state index in [-0.39, 0.29) is 5.89 Å². The maximum absolute atomic E-state index is 11.1. The summed E-state index contributed by atoms with van der Waals surface area (Å²) in [6.07, 6.45) is 1.59. The second kappa shape index (κ2) is 4.09. The molecule has 0 unspecified atom stereocenters. The molecule has 0 fully saturated rings. The van der Waals surface area contributed by atoms with E-state index in [1.54, 1.807) is 19.3 Å². The summed E-state index contributed by atoms with van der Waals surface area (Å²) in [6, 6.07) is 1.78. The predicted molar refractivity (Wildman–Crippen MR) is 62.2 cm³/mol. The Bertz CT molecular complexity index is 575. The molecule has 2 rings (SSSR count). The molecule has 1 N–H and O–H groups in total. The summed E-state index contributed by atoms with van der Waals surface area (Å²) in [7, 11) is 3.30. The lowest BCUT2D eigenvalue weighted by Crippen LogP contribution is -2.09. The summed E-state index contributed by atoms with van der Waals surface area (Å²) in [5.41, 5.74) is 0.642. The van der Waals surface area contributed by atoms with Gasteiger partial charge in [-0.25, -0.2) is 9.78 Å². The first-order valence-corrected chi connectivity index (χ1v) is 5.29. The number of nitrogens with zero attached hydrogens (tertiary/aromatic N) is 3. The van der Waals surface area contributed by atoms with Gasteiger partial charge in [0.15, 0.2) is 0 Å². The number of hydrogen-bond donors (Lipinski definition) is 1. The number of aryl methyl sites for hydroxylation is 1. The molecule has 0 aromatic carbocycles. The fraction of sp³-hybridized carbons (Fsp3) is 0.222. The minimum absolute atomic E-state index is 0.253. The molecule has 0 radical (unpaired) electrons. The molecule has 0 atom stereocenters. The van der Waals surface area contributed by atoms with Crippen molar-refractivity contribution in [2.45, 2.75) is 0 Å². The second-order valence-electron chi connectivity index (χ2n) is 3.10. The molecular weight excluding hydrogens is 276 g/mol. The van der Waals surface area contributed by atoms with Crippen LogP contribution in [-0.4, -0.2) is 21.8 Å². The third kappa shape index (κ3) is 1.85. The lowest BCUT2D eigenvalue weighted by molar-refractivity contribution is 0.505. The van der Waals surface area contributed by atoms with Crippen molar-refractivity contribution in [1.82, 2.24) is 14.8 Å². The standard InChI is InChI=1S/C9H9BrN4O2/c1-11-7-6(10)3-5(4-12-7)8-13-14(2)9(15)16-8/h3-4H,1-2H3,(H,11,12). The minimum atomic E-state index is -0.496. The molecule has 0 spiro atoms. The summed E-state index contributed by atoms with van der Waals surface area (Å²) in [6.45, 7) is 0. The van der Waals surface area contributed by atoms with Crippen LogP contribution in [-0.2, 0) is 7.05 Å². The molecule has 0 bridgehead atoms. The van der Waals surface area contributed by atoms with Crippen molar-refractivity contribution in [3.05, 3.63) is 27.3 Å². The van der Waals surface area contributed by atoms with Gasteiger partial charge in [0.05, 0.1) is 10.0 Å². The molecule has 2 heterocycles. The predicted octanol–water partition coefficient (Wildman–Crippen LogP) is 1.24. The zero-order valence-corrected chi connectivity index (χ0v) is 10.3. The van der Waals surface area contributed by atoms with Crippen molar-refractivity contribution in [1.29, 1.82) is 0 Å². The number of nitrogens with one attached hydrogen (secondary N) is 1. The lowest BCUT2D eigenvalue weighted by atomic mass is 10.3. The molecule has 6 nitrogen and oxygen atoms in total. The Morgan fingerprint density at radius 2 is 2.31 bits per heavy atom. The van der Waals surface area contributed by atoms with Gasteiger partial charge in [0, 0.05) is 20.3 Å². The van der Waals surface area contributed by atoms with Crippen molar-refractivity contribution < 1.29 is 4.42 Å². The van der Waals surface area contributed by atoms with Gasteiger partial charge in [-0.05, 0) is 22.0 Å². The Morgan fingerprint density at radius 3 is 2.81 bits per heavy atom. The highest BCUT2D eigenvalue weighted by atomic mass is 79.9. The number of pyridine rings is 1. The molecule has 2 aromatic rings. The highest BCUT2D eigenvalue weighted by Crippen LogP contribution is 2.24. The lowest BCUT2D eigenvalue weighted by Gasteiger charge is -2.02. The third-order valence-corrected chi connectivity index (χ3v) is 2.62. The highest BCUT2D eigenvalue weighted by molar-refractivity contribution is 9.10. The van der Waals surface area contributed by atoms with Crippen LogP contribution >= 0.6 is 15.9 Å². The largest absolute Gasteiger partial charge is 0.437 e. The molecule has 0 aliphatic heterocycles. The van der Waals surface area contributed by atoms with E-state index >= 15 is 0 Å². The van der Waals surface area contributed by atoms with Gasteiger partial charge >= 0.3 is 5.76 Å². The van der Waals surface area contributed by atoms with Crippen LogP contribution in [0.25, 0.3) is 11.5 Å². The Balaban J connectivity index is 2.49. The van der Waals surface area contributed by atoms with Crippen LogP contribution in [0.3, 0.4) is 0 Å². The van der Waals surface area contributed by atoms with E-state index in [9.17, 15) is 4.79 Å². The number of anilines is 1. The minimum Gasteiger partial charge on any atom is -0.388 e. The highest BCUT2D eigenvalue weighted by Gasteiger charge is 2.10. The van der Waals surface area contributed by atoms with Crippen LogP contribution in [0.4, 0.5) is 5.82 Å². The van der Waals surface area contributed by atoms with Crippen molar-refractivity contribution >= 4 is 21.7 Å². The first-order chi connectivity index (χ1) is 7.61. The van der Waals surface area contributed by atoms with E-state index in [1.165, 1.54) is 7.05 Å². The molecule has 0 amide bonds. The van der Waals surface area contributed by atoms with Crippen molar-refractivity contribution in [2.75, 3.05) is 12.4 Å². The number of halogens is 1. The summed E-state index contributed by atoms with van der Waals surface area (Å²) in [4.78, 5) is 15.3. The Morgan fingerprint density at radius 1 is 1.56 bits per heavy atom. The van der Waals surface area contributed by atoms with E-state index in [0.29, 0.717) is 11.4 Å². The molecule has 0 saturated heterocycles. The maximum Gasteiger partial charge on any atom is 0.437 e. The maximum atomic E-state index is 11.1. The Hall–Kier alpha value is -1.63. The molecule has 0 aliphatic carbocycles. The molecule has 84 valence electrons. The van der Waals surface area contributed by atoms with Crippen molar-refractivity contribution in [3.63, 3.8) is 0 Å². The average molecular weight is 285 g/mol. The zero-order valence-electron chi connectivity index (χ0n) is 8.69. The summed E-state index contributed by atoms with van der Waals surface area (Å²) >= 11 is 3.35. The number of aromatic nitrogens is 3. The summed E-state index contributed by atoms with van der Waals surface area (Å²) in [5, 5.41) is 6.85. The van der Waals surface area contributed by atoms with Gasteiger partial charge in [0.25, 0.3) is 5.89 Å². The van der Waals surface area contributed by atoms with Crippen LogP contribution in [0, 0.1) is 0 Å². The number of rotatable bonds is 2. The van der Waals surface area contributed by atoms with Gasteiger partial charge in [-0.1, -0.05) is 0 Å². The van der Waals surface area contributed by atoms with Crippen molar-refractivity contribution in [2.24, 2.45) is 7.05 Å². The van der Waals surface area contributed by atoms with Crippen molar-refractivity contribution in [3.8, 4) is 11.5 Å². The summed E-state index contributed by atoms with van der Waals surface area (Å²) in [5.74, 6) is 0.467. The average Bonchev–Trinajstić information content (AvgIpc) is 2.59. The van der Waals surface area contributed by atoms with E-state index < -0.39 is 5.76 Å². The zero-order chi connectivity index (χ0) is 11.7. The van der Waals surface area contributed by atoms with Gasteiger partial charge in [-0.2, -0.15) is 4.68 Å². The number of hydrogen-bond acceptors (Lipinski definition) is 5. The Kier molecular flexibility index (Phi) is 2.78. The third-order valence-electron chi connectivity index (χ3n) is 2.01. The van der Waals surface area contributed by atoms with E-state index in [4.69, 9.17) is 4.42 Å². The molecule has 0 aliphatic rings. The molecule has 7 heteroatoms. The van der Waals surface area contributed by atoms with Crippen LogP contribution in [0.2, 0.25) is 0 Å². The van der Waals surface area contributed by atoms with Gasteiger partial charge < -0.3 is 9.73 Å². The van der Waals surface area contributed by atoms with Gasteiger partial charge in [-0.15, -0.1) is 5.10 Å². The summed E-state index contributed by atoms with van der Waals surface area (Å²) < 4.78 is 6.86. The quantitative estimate of drug-likeness (QED) is 0.898. The van der Waals surface area contributed by atoms with Crippen LogP contribution in [0.15, 0.2) is 25.9 Å². The van der Waals surface area contributed by atoms with Crippen LogP contribution in [0.5, 0.6) is 0 Å². The normalized spacial score (nSPS) is 10.4. The second-order valence-corrected chi connectivity index (χ2v) is 3.96. The topological polar surface area (TPSA) is 73.0 Å². The van der Waals surface area contributed by atoms with Crippen LogP contribution < -0.4 is 11.1 Å². The van der Waals surface area contributed by atoms with E-state index in [1.807, 2.05) is 0 Å². The SMILES string of the molecule is CNc1ncc(-c2nn(C)c(=O)o2)cc1Br.